The van der Waals surface area contributed by atoms with Crippen LogP contribution in [0.15, 0.2) is 18.2 Å². The van der Waals surface area contributed by atoms with Crippen LogP contribution in [0, 0.1) is 13.8 Å². The second-order valence-electron chi connectivity index (χ2n) is 4.69. The van der Waals surface area contributed by atoms with Crippen LogP contribution >= 0.6 is 0 Å². The highest BCUT2D eigenvalue weighted by Crippen LogP contribution is 2.22. The Balaban J connectivity index is 2.28. The molecule has 1 saturated heterocycles. The molecule has 1 aliphatic rings. The molecule has 1 aromatic rings. The van der Waals surface area contributed by atoms with E-state index >= 15 is 0 Å². The van der Waals surface area contributed by atoms with Gasteiger partial charge in [0.05, 0.1) is 0 Å². The number of hydrogen-bond donors (Lipinski definition) is 1. The van der Waals surface area contributed by atoms with Gasteiger partial charge in [0.1, 0.15) is 0 Å². The van der Waals surface area contributed by atoms with Crippen molar-refractivity contribution in [1.29, 1.82) is 0 Å². The fourth-order valence-electron chi connectivity index (χ4n) is 2.21. The third-order valence-electron chi connectivity index (χ3n) is 3.21. The molecule has 0 aliphatic carbocycles. The molecule has 92 valence electrons. The zero-order valence-corrected chi connectivity index (χ0v) is 10.6. The standard InChI is InChI=1S/C14H20N2O/c1-11-4-5-12(2)13(10-11)16-9-3-7-15-8-6-14(16)17/h4-5,10,15H,3,6-9H2,1-2H3. The van der Waals surface area contributed by atoms with Crippen molar-refractivity contribution in [2.75, 3.05) is 24.5 Å². The monoisotopic (exact) mass is 232 g/mol. The Morgan fingerprint density at radius 1 is 1.24 bits per heavy atom. The summed E-state index contributed by atoms with van der Waals surface area (Å²) in [7, 11) is 0. The SMILES string of the molecule is Cc1ccc(C)c(N2CCCNCCC2=O)c1. The molecule has 1 aliphatic heterocycles. The van der Waals surface area contributed by atoms with Crippen molar-refractivity contribution in [3.05, 3.63) is 29.3 Å². The van der Waals surface area contributed by atoms with Crippen molar-refractivity contribution in [2.45, 2.75) is 26.7 Å². The summed E-state index contributed by atoms with van der Waals surface area (Å²) in [6, 6.07) is 6.30. The van der Waals surface area contributed by atoms with Gasteiger partial charge in [0.25, 0.3) is 0 Å². The van der Waals surface area contributed by atoms with E-state index in [1.165, 1.54) is 11.1 Å². The number of aryl methyl sites for hydroxylation is 2. The molecule has 17 heavy (non-hydrogen) atoms. The van der Waals surface area contributed by atoms with E-state index in [1.54, 1.807) is 0 Å². The maximum absolute atomic E-state index is 12.1. The smallest absolute Gasteiger partial charge is 0.228 e. The number of hydrogen-bond acceptors (Lipinski definition) is 2. The Labute approximate surface area is 103 Å². The number of rotatable bonds is 1. The average molecular weight is 232 g/mol. The van der Waals surface area contributed by atoms with Crippen LogP contribution in [0.2, 0.25) is 0 Å². The molecule has 0 unspecified atom stereocenters. The molecule has 0 bridgehead atoms. The summed E-state index contributed by atoms with van der Waals surface area (Å²) < 4.78 is 0. The van der Waals surface area contributed by atoms with Crippen molar-refractivity contribution in [3.8, 4) is 0 Å². The number of anilines is 1. The first-order valence-corrected chi connectivity index (χ1v) is 6.27. The van der Waals surface area contributed by atoms with Crippen molar-refractivity contribution in [3.63, 3.8) is 0 Å². The van der Waals surface area contributed by atoms with Gasteiger partial charge in [-0.1, -0.05) is 12.1 Å². The summed E-state index contributed by atoms with van der Waals surface area (Å²) in [6.07, 6.45) is 1.60. The van der Waals surface area contributed by atoms with Crippen LogP contribution in [-0.4, -0.2) is 25.5 Å². The van der Waals surface area contributed by atoms with E-state index in [9.17, 15) is 4.79 Å². The highest BCUT2D eigenvalue weighted by molar-refractivity contribution is 5.94. The van der Waals surface area contributed by atoms with Crippen LogP contribution in [0.4, 0.5) is 5.69 Å². The van der Waals surface area contributed by atoms with Gasteiger partial charge < -0.3 is 10.2 Å². The molecule has 3 heteroatoms. The van der Waals surface area contributed by atoms with E-state index < -0.39 is 0 Å². The van der Waals surface area contributed by atoms with Gasteiger partial charge in [0.2, 0.25) is 5.91 Å². The quantitative estimate of drug-likeness (QED) is 0.803. The molecule has 3 nitrogen and oxygen atoms in total. The van der Waals surface area contributed by atoms with Crippen LogP contribution in [0.5, 0.6) is 0 Å². The summed E-state index contributed by atoms with van der Waals surface area (Å²) in [6.45, 7) is 6.74. The Morgan fingerprint density at radius 2 is 2.06 bits per heavy atom. The maximum Gasteiger partial charge on any atom is 0.228 e. The van der Waals surface area contributed by atoms with Crippen LogP contribution < -0.4 is 10.2 Å². The molecule has 0 atom stereocenters. The van der Waals surface area contributed by atoms with E-state index in [4.69, 9.17) is 0 Å². The third-order valence-corrected chi connectivity index (χ3v) is 3.21. The Bertz CT molecular complexity index is 415. The van der Waals surface area contributed by atoms with E-state index in [2.05, 4.69) is 37.4 Å². The van der Waals surface area contributed by atoms with Gasteiger partial charge in [-0.2, -0.15) is 0 Å². The van der Waals surface area contributed by atoms with Gasteiger partial charge in [-0.3, -0.25) is 4.79 Å². The molecule has 1 amide bonds. The molecular weight excluding hydrogens is 212 g/mol. The second-order valence-corrected chi connectivity index (χ2v) is 4.69. The number of amides is 1. The minimum Gasteiger partial charge on any atom is -0.316 e. The van der Waals surface area contributed by atoms with Gasteiger partial charge in [-0.25, -0.2) is 0 Å². The minimum absolute atomic E-state index is 0.228. The summed E-state index contributed by atoms with van der Waals surface area (Å²) in [5, 5.41) is 3.27. The van der Waals surface area contributed by atoms with Gasteiger partial charge >= 0.3 is 0 Å². The number of nitrogens with one attached hydrogen (secondary N) is 1. The lowest BCUT2D eigenvalue weighted by Gasteiger charge is -2.27. The van der Waals surface area contributed by atoms with E-state index in [0.717, 1.165) is 31.7 Å². The van der Waals surface area contributed by atoms with Crippen LogP contribution in [0.25, 0.3) is 0 Å². The molecule has 0 radical (unpaired) electrons. The van der Waals surface area contributed by atoms with Crippen molar-refractivity contribution in [2.24, 2.45) is 0 Å². The Hall–Kier alpha value is -1.35. The predicted octanol–water partition coefficient (Wildman–Crippen LogP) is 2.02. The molecule has 1 aromatic carbocycles. The van der Waals surface area contributed by atoms with Crippen molar-refractivity contribution >= 4 is 11.6 Å². The number of carbonyl (C=O) groups excluding carboxylic acids is 1. The molecular formula is C14H20N2O. The van der Waals surface area contributed by atoms with E-state index in [0.29, 0.717) is 6.42 Å². The van der Waals surface area contributed by atoms with Crippen LogP contribution in [0.3, 0.4) is 0 Å². The molecule has 1 heterocycles. The van der Waals surface area contributed by atoms with Gasteiger partial charge in [-0.05, 0) is 44.0 Å². The highest BCUT2D eigenvalue weighted by atomic mass is 16.2. The van der Waals surface area contributed by atoms with E-state index in [-0.39, 0.29) is 5.91 Å². The third kappa shape index (κ3) is 2.86. The van der Waals surface area contributed by atoms with Crippen LogP contribution in [-0.2, 0) is 4.79 Å². The lowest BCUT2D eigenvalue weighted by atomic mass is 10.1. The fourth-order valence-corrected chi connectivity index (χ4v) is 2.21. The summed E-state index contributed by atoms with van der Waals surface area (Å²) in [4.78, 5) is 14.1. The molecule has 0 saturated carbocycles. The molecule has 0 spiro atoms. The van der Waals surface area contributed by atoms with Gasteiger partial charge in [-0.15, -0.1) is 0 Å². The first-order valence-electron chi connectivity index (χ1n) is 6.27. The van der Waals surface area contributed by atoms with Gasteiger partial charge in [0.15, 0.2) is 0 Å². The largest absolute Gasteiger partial charge is 0.316 e. The van der Waals surface area contributed by atoms with Crippen molar-refractivity contribution in [1.82, 2.24) is 5.32 Å². The fraction of sp³-hybridized carbons (Fsp3) is 0.500. The first-order chi connectivity index (χ1) is 8.18. The maximum atomic E-state index is 12.1. The number of benzene rings is 1. The van der Waals surface area contributed by atoms with E-state index in [1.807, 2.05) is 4.90 Å². The first kappa shape index (κ1) is 12.1. The highest BCUT2D eigenvalue weighted by Gasteiger charge is 2.18. The average Bonchev–Trinajstić information content (AvgIpc) is 2.28. The van der Waals surface area contributed by atoms with Crippen LogP contribution in [0.1, 0.15) is 24.0 Å². The summed E-state index contributed by atoms with van der Waals surface area (Å²) in [5.74, 6) is 0.228. The Morgan fingerprint density at radius 3 is 2.88 bits per heavy atom. The van der Waals surface area contributed by atoms with Crippen molar-refractivity contribution < 1.29 is 4.79 Å². The predicted molar refractivity (Wildman–Crippen MR) is 70.4 cm³/mol. The second kappa shape index (κ2) is 5.32. The molecule has 1 N–H and O–H groups in total. The lowest BCUT2D eigenvalue weighted by molar-refractivity contribution is -0.118. The molecule has 1 fully saturated rings. The summed E-state index contributed by atoms with van der Waals surface area (Å²) >= 11 is 0. The zero-order chi connectivity index (χ0) is 12.3. The number of nitrogens with zero attached hydrogens (tertiary/aromatic N) is 1. The van der Waals surface area contributed by atoms with Gasteiger partial charge in [0, 0.05) is 25.2 Å². The zero-order valence-electron chi connectivity index (χ0n) is 10.6. The normalized spacial score (nSPS) is 17.8. The summed E-state index contributed by atoms with van der Waals surface area (Å²) in [5.41, 5.74) is 3.47. The lowest BCUT2D eigenvalue weighted by Crippen LogP contribution is -2.38. The Kier molecular flexibility index (Phi) is 3.79. The number of carbonyl (C=O) groups is 1. The topological polar surface area (TPSA) is 32.3 Å². The molecule has 0 aromatic heterocycles. The molecule has 2 rings (SSSR count). The minimum atomic E-state index is 0.228.